The van der Waals surface area contributed by atoms with E-state index >= 15 is 0 Å². The van der Waals surface area contributed by atoms with Crippen LogP contribution in [0.25, 0.3) is 11.0 Å². The van der Waals surface area contributed by atoms with Gasteiger partial charge < -0.3 is 10.5 Å². The Morgan fingerprint density at radius 2 is 2.16 bits per heavy atom. The fraction of sp³-hybridized carbons (Fsp3) is 0.0833. The molecule has 19 heavy (non-hydrogen) atoms. The molecule has 0 amide bonds. The Bertz CT molecular complexity index is 755. The summed E-state index contributed by atoms with van der Waals surface area (Å²) in [5.74, 6) is 0.988. The second kappa shape index (κ2) is 4.40. The average molecular weight is 276 g/mol. The Kier molecular flexibility index (Phi) is 2.72. The maximum atomic E-state index is 5.95. The SMILES string of the molecule is Cn1ncc2c(Oc3ccc(N)c(Cl)c3)ncnc21. The highest BCUT2D eigenvalue weighted by molar-refractivity contribution is 6.33. The Morgan fingerprint density at radius 1 is 1.32 bits per heavy atom. The van der Waals surface area contributed by atoms with Crippen LogP contribution in [0.15, 0.2) is 30.7 Å². The van der Waals surface area contributed by atoms with E-state index in [-0.39, 0.29) is 0 Å². The monoisotopic (exact) mass is 275 g/mol. The predicted octanol–water partition coefficient (Wildman–Crippen LogP) is 2.39. The number of aromatic nitrogens is 4. The third-order valence-electron chi connectivity index (χ3n) is 2.68. The van der Waals surface area contributed by atoms with Crippen LogP contribution in [-0.4, -0.2) is 19.7 Å². The first kappa shape index (κ1) is 11.7. The van der Waals surface area contributed by atoms with Crippen molar-refractivity contribution in [2.24, 2.45) is 7.05 Å². The van der Waals surface area contributed by atoms with Gasteiger partial charge in [0.25, 0.3) is 0 Å². The van der Waals surface area contributed by atoms with E-state index < -0.39 is 0 Å². The van der Waals surface area contributed by atoms with E-state index in [9.17, 15) is 0 Å². The Balaban J connectivity index is 2.03. The van der Waals surface area contributed by atoms with Gasteiger partial charge in [0.05, 0.1) is 16.9 Å². The minimum absolute atomic E-state index is 0.430. The molecular formula is C12H10ClN5O. The van der Waals surface area contributed by atoms with Gasteiger partial charge in [-0.15, -0.1) is 0 Å². The molecule has 3 rings (SSSR count). The third kappa shape index (κ3) is 2.06. The van der Waals surface area contributed by atoms with Crippen molar-refractivity contribution < 1.29 is 4.74 Å². The second-order valence-electron chi connectivity index (χ2n) is 3.97. The highest BCUT2D eigenvalue weighted by Gasteiger charge is 2.10. The summed E-state index contributed by atoms with van der Waals surface area (Å²) >= 11 is 5.95. The number of rotatable bonds is 2. The first-order valence-corrected chi connectivity index (χ1v) is 5.88. The number of nitrogen functional groups attached to an aromatic ring is 1. The topological polar surface area (TPSA) is 78.9 Å². The van der Waals surface area contributed by atoms with Crippen molar-refractivity contribution in [3.05, 3.63) is 35.7 Å². The van der Waals surface area contributed by atoms with Crippen molar-refractivity contribution in [2.45, 2.75) is 0 Å². The summed E-state index contributed by atoms with van der Waals surface area (Å²) in [6, 6.07) is 5.05. The highest BCUT2D eigenvalue weighted by Crippen LogP contribution is 2.29. The fourth-order valence-corrected chi connectivity index (χ4v) is 1.88. The van der Waals surface area contributed by atoms with E-state index in [1.54, 1.807) is 36.1 Å². The zero-order valence-electron chi connectivity index (χ0n) is 10.0. The standard InChI is InChI=1S/C12H10ClN5O/c1-18-11-8(5-17-18)12(16-6-15-11)19-7-2-3-10(14)9(13)4-7/h2-6H,14H2,1H3. The molecule has 96 valence electrons. The van der Waals surface area contributed by atoms with Crippen LogP contribution in [0.3, 0.4) is 0 Å². The fourth-order valence-electron chi connectivity index (χ4n) is 1.70. The first-order chi connectivity index (χ1) is 9.15. The van der Waals surface area contributed by atoms with E-state index in [1.807, 2.05) is 0 Å². The minimum Gasteiger partial charge on any atom is -0.438 e. The number of halogens is 1. The molecule has 0 saturated heterocycles. The smallest absolute Gasteiger partial charge is 0.233 e. The van der Waals surface area contributed by atoms with Gasteiger partial charge in [0.2, 0.25) is 5.88 Å². The first-order valence-electron chi connectivity index (χ1n) is 5.51. The summed E-state index contributed by atoms with van der Waals surface area (Å²) in [7, 11) is 1.80. The Labute approximate surface area is 113 Å². The molecular weight excluding hydrogens is 266 g/mol. The van der Waals surface area contributed by atoms with E-state index in [2.05, 4.69) is 15.1 Å². The molecule has 0 spiro atoms. The number of anilines is 1. The van der Waals surface area contributed by atoms with Gasteiger partial charge in [0, 0.05) is 13.1 Å². The lowest BCUT2D eigenvalue weighted by Gasteiger charge is -2.06. The zero-order chi connectivity index (χ0) is 13.4. The molecule has 0 radical (unpaired) electrons. The molecule has 0 atom stereocenters. The van der Waals surface area contributed by atoms with Crippen LogP contribution in [0.2, 0.25) is 5.02 Å². The molecule has 3 aromatic rings. The number of nitrogens with two attached hydrogens (primary N) is 1. The number of aryl methyl sites for hydroxylation is 1. The van der Waals surface area contributed by atoms with Gasteiger partial charge in [-0.3, -0.25) is 4.68 Å². The quantitative estimate of drug-likeness (QED) is 0.727. The van der Waals surface area contributed by atoms with Gasteiger partial charge in [-0.25, -0.2) is 9.97 Å². The van der Waals surface area contributed by atoms with Gasteiger partial charge in [-0.1, -0.05) is 11.6 Å². The molecule has 0 fully saturated rings. The summed E-state index contributed by atoms with van der Waals surface area (Å²) in [6.07, 6.45) is 3.09. The van der Waals surface area contributed by atoms with Crippen LogP contribution < -0.4 is 10.5 Å². The van der Waals surface area contributed by atoms with Gasteiger partial charge in [0.1, 0.15) is 17.5 Å². The van der Waals surface area contributed by atoms with Crippen LogP contribution in [0, 0.1) is 0 Å². The van der Waals surface area contributed by atoms with Crippen LogP contribution >= 0.6 is 11.6 Å². The van der Waals surface area contributed by atoms with Crippen LogP contribution in [-0.2, 0) is 7.05 Å². The van der Waals surface area contributed by atoms with E-state index in [0.717, 1.165) is 5.39 Å². The summed E-state index contributed by atoms with van der Waals surface area (Å²) in [5, 5.41) is 5.29. The average Bonchev–Trinajstić information content (AvgIpc) is 2.77. The minimum atomic E-state index is 0.430. The largest absolute Gasteiger partial charge is 0.438 e. The number of hydrogen-bond acceptors (Lipinski definition) is 5. The van der Waals surface area contributed by atoms with Crippen molar-refractivity contribution in [1.29, 1.82) is 0 Å². The zero-order valence-corrected chi connectivity index (χ0v) is 10.8. The van der Waals surface area contributed by atoms with E-state index in [4.69, 9.17) is 22.1 Å². The van der Waals surface area contributed by atoms with Crippen LogP contribution in [0.1, 0.15) is 0 Å². The molecule has 6 nitrogen and oxygen atoms in total. The highest BCUT2D eigenvalue weighted by atomic mass is 35.5. The number of ether oxygens (including phenoxy) is 1. The lowest BCUT2D eigenvalue weighted by Crippen LogP contribution is -1.94. The Morgan fingerprint density at radius 3 is 2.95 bits per heavy atom. The number of fused-ring (bicyclic) bond motifs is 1. The molecule has 0 aliphatic rings. The van der Waals surface area contributed by atoms with Crippen molar-refractivity contribution in [2.75, 3.05) is 5.73 Å². The van der Waals surface area contributed by atoms with Crippen LogP contribution in [0.4, 0.5) is 5.69 Å². The van der Waals surface area contributed by atoms with E-state index in [0.29, 0.717) is 28.0 Å². The molecule has 1 aromatic carbocycles. The third-order valence-corrected chi connectivity index (χ3v) is 3.01. The van der Waals surface area contributed by atoms with Crippen molar-refractivity contribution in [3.63, 3.8) is 0 Å². The molecule has 0 unspecified atom stereocenters. The number of hydrogen-bond donors (Lipinski definition) is 1. The second-order valence-corrected chi connectivity index (χ2v) is 4.38. The maximum Gasteiger partial charge on any atom is 0.233 e. The van der Waals surface area contributed by atoms with Gasteiger partial charge in [0.15, 0.2) is 5.65 Å². The molecule has 2 N–H and O–H groups in total. The number of benzene rings is 1. The van der Waals surface area contributed by atoms with Gasteiger partial charge >= 0.3 is 0 Å². The molecule has 2 heterocycles. The van der Waals surface area contributed by atoms with Crippen LogP contribution in [0.5, 0.6) is 11.6 Å². The van der Waals surface area contributed by atoms with Gasteiger partial charge in [-0.2, -0.15) is 5.10 Å². The molecule has 0 saturated carbocycles. The van der Waals surface area contributed by atoms with Crippen molar-refractivity contribution in [3.8, 4) is 11.6 Å². The number of nitrogens with zero attached hydrogens (tertiary/aromatic N) is 4. The maximum absolute atomic E-state index is 5.95. The molecule has 0 bridgehead atoms. The molecule has 2 aromatic heterocycles. The Hall–Kier alpha value is -2.34. The van der Waals surface area contributed by atoms with Crippen molar-refractivity contribution >= 4 is 28.3 Å². The molecule has 0 aliphatic carbocycles. The van der Waals surface area contributed by atoms with Crippen molar-refractivity contribution in [1.82, 2.24) is 19.7 Å². The predicted molar refractivity (Wildman–Crippen MR) is 72.2 cm³/mol. The van der Waals surface area contributed by atoms with E-state index in [1.165, 1.54) is 6.33 Å². The summed E-state index contributed by atoms with van der Waals surface area (Å²) in [6.45, 7) is 0. The summed E-state index contributed by atoms with van der Waals surface area (Å²) in [4.78, 5) is 8.24. The molecule has 0 aliphatic heterocycles. The lowest BCUT2D eigenvalue weighted by molar-refractivity contribution is 0.468. The normalized spacial score (nSPS) is 10.8. The van der Waals surface area contributed by atoms with Gasteiger partial charge in [-0.05, 0) is 12.1 Å². The lowest BCUT2D eigenvalue weighted by atomic mass is 10.3. The molecule has 7 heteroatoms. The summed E-state index contributed by atoms with van der Waals surface area (Å²) < 4.78 is 7.35. The summed E-state index contributed by atoms with van der Waals surface area (Å²) in [5.41, 5.74) is 6.85.